The van der Waals surface area contributed by atoms with E-state index in [0.29, 0.717) is 5.02 Å². The first kappa shape index (κ1) is 12.0. The average molecular weight is 254 g/mol. The van der Waals surface area contributed by atoms with E-state index in [1.54, 1.807) is 22.9 Å². The first-order valence-corrected chi connectivity index (χ1v) is 5.48. The number of carbonyl (C=O) groups is 1. The summed E-state index contributed by atoms with van der Waals surface area (Å²) in [4.78, 5) is 11.3. The van der Waals surface area contributed by atoms with E-state index in [-0.39, 0.29) is 19.1 Å². The minimum absolute atomic E-state index is 0.0771. The van der Waals surface area contributed by atoms with E-state index >= 15 is 0 Å². The van der Waals surface area contributed by atoms with Crippen LogP contribution in [0.25, 0.3) is 10.9 Å². The standard InChI is InChI=1S/C12H12ClNO3/c1-17-12(16)6-14-5-8(7-15)10-3-2-9(13)4-11(10)14/h2-5,15H,6-7H2,1H3. The number of rotatable bonds is 3. The van der Waals surface area contributed by atoms with Crippen LogP contribution in [0, 0.1) is 0 Å². The molecule has 0 saturated heterocycles. The summed E-state index contributed by atoms with van der Waals surface area (Å²) < 4.78 is 6.34. The molecule has 0 radical (unpaired) electrons. The second-order valence-electron chi connectivity index (χ2n) is 3.68. The largest absolute Gasteiger partial charge is 0.468 e. The van der Waals surface area contributed by atoms with E-state index in [1.165, 1.54) is 7.11 Å². The summed E-state index contributed by atoms with van der Waals surface area (Å²) in [6.07, 6.45) is 1.73. The second-order valence-corrected chi connectivity index (χ2v) is 4.11. The molecule has 0 bridgehead atoms. The van der Waals surface area contributed by atoms with E-state index < -0.39 is 0 Å². The van der Waals surface area contributed by atoms with Gasteiger partial charge in [-0.2, -0.15) is 0 Å². The number of nitrogens with zero attached hydrogens (tertiary/aromatic N) is 1. The fourth-order valence-electron chi connectivity index (χ4n) is 1.80. The second kappa shape index (κ2) is 4.77. The van der Waals surface area contributed by atoms with Gasteiger partial charge in [-0.3, -0.25) is 4.79 Å². The van der Waals surface area contributed by atoms with Crippen LogP contribution in [-0.4, -0.2) is 22.8 Å². The third-order valence-electron chi connectivity index (χ3n) is 2.62. The lowest BCUT2D eigenvalue weighted by molar-refractivity contribution is -0.141. The van der Waals surface area contributed by atoms with Crippen LogP contribution in [0.4, 0.5) is 0 Å². The molecule has 2 rings (SSSR count). The molecule has 1 N–H and O–H groups in total. The van der Waals surface area contributed by atoms with Gasteiger partial charge in [0.15, 0.2) is 0 Å². The minimum Gasteiger partial charge on any atom is -0.468 e. The van der Waals surface area contributed by atoms with Crippen molar-refractivity contribution in [1.29, 1.82) is 0 Å². The summed E-state index contributed by atoms with van der Waals surface area (Å²) in [5, 5.41) is 10.7. The van der Waals surface area contributed by atoms with E-state index in [2.05, 4.69) is 4.74 Å². The van der Waals surface area contributed by atoms with Crippen LogP contribution in [0.1, 0.15) is 5.56 Å². The van der Waals surface area contributed by atoms with E-state index in [1.807, 2.05) is 6.07 Å². The molecule has 0 saturated carbocycles. The topological polar surface area (TPSA) is 51.5 Å². The molecule has 0 aliphatic carbocycles. The van der Waals surface area contributed by atoms with Gasteiger partial charge in [0.1, 0.15) is 6.54 Å². The maximum absolute atomic E-state index is 11.3. The molecule has 0 unspecified atom stereocenters. The van der Waals surface area contributed by atoms with Crippen molar-refractivity contribution < 1.29 is 14.6 Å². The smallest absolute Gasteiger partial charge is 0.325 e. The molecular formula is C12H12ClNO3. The summed E-state index contributed by atoms with van der Waals surface area (Å²) in [5.41, 5.74) is 1.58. The van der Waals surface area contributed by atoms with Crippen molar-refractivity contribution in [2.24, 2.45) is 0 Å². The van der Waals surface area contributed by atoms with Gasteiger partial charge in [-0.25, -0.2) is 0 Å². The van der Waals surface area contributed by atoms with Gasteiger partial charge in [0.2, 0.25) is 0 Å². The highest BCUT2D eigenvalue weighted by Crippen LogP contribution is 2.24. The van der Waals surface area contributed by atoms with Gasteiger partial charge in [-0.15, -0.1) is 0 Å². The fourth-order valence-corrected chi connectivity index (χ4v) is 1.97. The predicted octanol–water partition coefficient (Wildman–Crippen LogP) is 1.96. The van der Waals surface area contributed by atoms with Crippen molar-refractivity contribution in [2.75, 3.05) is 7.11 Å². The van der Waals surface area contributed by atoms with Gasteiger partial charge in [-0.1, -0.05) is 17.7 Å². The van der Waals surface area contributed by atoms with Crippen LogP contribution >= 0.6 is 11.6 Å². The molecule has 1 heterocycles. The van der Waals surface area contributed by atoms with Crippen molar-refractivity contribution in [1.82, 2.24) is 4.57 Å². The van der Waals surface area contributed by atoms with Crippen LogP contribution in [0.5, 0.6) is 0 Å². The number of ether oxygens (including phenoxy) is 1. The van der Waals surface area contributed by atoms with Gasteiger partial charge < -0.3 is 14.4 Å². The Kier molecular flexibility index (Phi) is 3.36. The maximum Gasteiger partial charge on any atom is 0.325 e. The zero-order valence-corrected chi connectivity index (χ0v) is 10.1. The van der Waals surface area contributed by atoms with Crippen molar-refractivity contribution in [2.45, 2.75) is 13.2 Å². The number of hydrogen-bond acceptors (Lipinski definition) is 3. The van der Waals surface area contributed by atoms with E-state index in [0.717, 1.165) is 16.5 Å². The van der Waals surface area contributed by atoms with Gasteiger partial charge in [0, 0.05) is 22.2 Å². The van der Waals surface area contributed by atoms with E-state index in [9.17, 15) is 9.90 Å². The van der Waals surface area contributed by atoms with Crippen LogP contribution in [-0.2, 0) is 22.7 Å². The zero-order chi connectivity index (χ0) is 12.4. The quantitative estimate of drug-likeness (QED) is 0.851. The predicted molar refractivity (Wildman–Crippen MR) is 64.9 cm³/mol. The highest BCUT2D eigenvalue weighted by Gasteiger charge is 2.11. The van der Waals surface area contributed by atoms with Crippen molar-refractivity contribution in [3.8, 4) is 0 Å². The Labute approximate surface area is 103 Å². The van der Waals surface area contributed by atoms with Crippen molar-refractivity contribution in [3.63, 3.8) is 0 Å². The monoisotopic (exact) mass is 253 g/mol. The molecule has 0 aliphatic rings. The molecule has 5 heteroatoms. The Hall–Kier alpha value is -1.52. The lowest BCUT2D eigenvalue weighted by Crippen LogP contribution is -2.10. The number of halogens is 1. The molecule has 17 heavy (non-hydrogen) atoms. The van der Waals surface area contributed by atoms with Crippen LogP contribution in [0.15, 0.2) is 24.4 Å². The van der Waals surface area contributed by atoms with Gasteiger partial charge in [0.05, 0.1) is 19.2 Å². The molecule has 0 amide bonds. The molecule has 0 spiro atoms. The van der Waals surface area contributed by atoms with Gasteiger partial charge in [-0.05, 0) is 12.1 Å². The van der Waals surface area contributed by atoms with Crippen LogP contribution in [0.2, 0.25) is 5.02 Å². The Bertz CT molecular complexity index is 562. The summed E-state index contributed by atoms with van der Waals surface area (Å²) in [7, 11) is 1.34. The number of aromatic nitrogens is 1. The third-order valence-corrected chi connectivity index (χ3v) is 2.86. The lowest BCUT2D eigenvalue weighted by atomic mass is 10.2. The molecule has 1 aromatic heterocycles. The number of hydrogen-bond donors (Lipinski definition) is 1. The Balaban J connectivity index is 2.54. The van der Waals surface area contributed by atoms with Crippen LogP contribution < -0.4 is 0 Å². The fraction of sp³-hybridized carbons (Fsp3) is 0.250. The van der Waals surface area contributed by atoms with Gasteiger partial charge in [0.25, 0.3) is 0 Å². The molecule has 1 aromatic carbocycles. The number of benzene rings is 1. The van der Waals surface area contributed by atoms with E-state index in [4.69, 9.17) is 11.6 Å². The first-order valence-electron chi connectivity index (χ1n) is 5.10. The molecule has 0 fully saturated rings. The maximum atomic E-state index is 11.3. The lowest BCUT2D eigenvalue weighted by Gasteiger charge is -2.03. The zero-order valence-electron chi connectivity index (χ0n) is 9.31. The normalized spacial score (nSPS) is 10.8. The first-order chi connectivity index (χ1) is 8.15. The number of aliphatic hydroxyl groups excluding tert-OH is 1. The third kappa shape index (κ3) is 2.28. The number of aliphatic hydroxyl groups is 1. The highest BCUT2D eigenvalue weighted by atomic mass is 35.5. The SMILES string of the molecule is COC(=O)Cn1cc(CO)c2ccc(Cl)cc21. The molecule has 4 nitrogen and oxygen atoms in total. The number of methoxy groups -OCH3 is 1. The Morgan fingerprint density at radius 1 is 1.53 bits per heavy atom. The number of esters is 1. The molecule has 2 aromatic rings. The Morgan fingerprint density at radius 3 is 2.94 bits per heavy atom. The molecule has 90 valence electrons. The average Bonchev–Trinajstić information content (AvgIpc) is 2.66. The Morgan fingerprint density at radius 2 is 2.29 bits per heavy atom. The summed E-state index contributed by atoms with van der Waals surface area (Å²) >= 11 is 5.92. The van der Waals surface area contributed by atoms with Crippen LogP contribution in [0.3, 0.4) is 0 Å². The van der Waals surface area contributed by atoms with Crippen molar-refractivity contribution in [3.05, 3.63) is 35.0 Å². The number of fused-ring (bicyclic) bond motifs is 1. The summed E-state index contributed by atoms with van der Waals surface area (Å²) in [6, 6.07) is 5.35. The van der Waals surface area contributed by atoms with Gasteiger partial charge >= 0.3 is 5.97 Å². The summed E-state index contributed by atoms with van der Waals surface area (Å²) in [5.74, 6) is -0.341. The van der Waals surface area contributed by atoms with Crippen molar-refractivity contribution >= 4 is 28.5 Å². The highest BCUT2D eigenvalue weighted by molar-refractivity contribution is 6.31. The number of carbonyl (C=O) groups excluding carboxylic acids is 1. The minimum atomic E-state index is -0.341. The molecule has 0 aliphatic heterocycles. The molecule has 0 atom stereocenters. The molecular weight excluding hydrogens is 242 g/mol. The summed E-state index contributed by atoms with van der Waals surface area (Å²) in [6.45, 7) is 0.0274.